The number of hydrogen-bond acceptors (Lipinski definition) is 5. The second-order valence-electron chi connectivity index (χ2n) is 10.6. The van der Waals surface area contributed by atoms with E-state index >= 15 is 0 Å². The van der Waals surface area contributed by atoms with Gasteiger partial charge in [0, 0.05) is 41.4 Å². The van der Waals surface area contributed by atoms with Crippen molar-refractivity contribution in [2.24, 2.45) is 0 Å². The zero-order valence-electron chi connectivity index (χ0n) is 23.8. The van der Waals surface area contributed by atoms with Gasteiger partial charge in [-0.1, -0.05) is 56.0 Å². The van der Waals surface area contributed by atoms with E-state index in [0.717, 1.165) is 65.0 Å². The minimum atomic E-state index is -0.859. The highest BCUT2D eigenvalue weighted by Gasteiger charge is 2.31. The highest BCUT2D eigenvalue weighted by atomic mass is 32.2. The van der Waals surface area contributed by atoms with Crippen molar-refractivity contribution < 1.29 is 14.6 Å². The van der Waals surface area contributed by atoms with E-state index in [9.17, 15) is 9.90 Å². The van der Waals surface area contributed by atoms with Crippen molar-refractivity contribution in [1.29, 1.82) is 0 Å². The average Bonchev–Trinajstić information content (AvgIpc) is 2.93. The molecule has 0 spiro atoms. The second kappa shape index (κ2) is 12.4. The van der Waals surface area contributed by atoms with E-state index in [-0.39, 0.29) is 18.0 Å². The molecule has 0 unspecified atom stereocenters. The lowest BCUT2D eigenvalue weighted by atomic mass is 9.69. The Balaban J connectivity index is 1.64. The van der Waals surface area contributed by atoms with Crippen molar-refractivity contribution in [2.45, 2.75) is 77.9 Å². The molecule has 1 aliphatic heterocycles. The molecule has 0 bridgehead atoms. The van der Waals surface area contributed by atoms with E-state index in [1.165, 1.54) is 23.6 Å². The van der Waals surface area contributed by atoms with E-state index in [1.54, 1.807) is 6.20 Å². The maximum Gasteiger partial charge on any atom is 0.302 e. The fourth-order valence-electron chi connectivity index (χ4n) is 5.54. The van der Waals surface area contributed by atoms with Crippen molar-refractivity contribution in [3.05, 3.63) is 88.2 Å². The number of benzene rings is 2. The molecule has 1 aliphatic rings. The lowest BCUT2D eigenvalue weighted by Gasteiger charge is -2.34. The zero-order chi connectivity index (χ0) is 28.0. The molecule has 39 heavy (non-hydrogen) atoms. The molecule has 0 atom stereocenters. The predicted molar refractivity (Wildman–Crippen MR) is 161 cm³/mol. The first-order valence-electron chi connectivity index (χ1n) is 13.8. The number of carbonyl (C=O) groups is 1. The van der Waals surface area contributed by atoms with Crippen LogP contribution in [0.25, 0.3) is 11.1 Å². The van der Waals surface area contributed by atoms with Crippen LogP contribution in [0.1, 0.15) is 79.8 Å². The van der Waals surface area contributed by atoms with Crippen LogP contribution in [0.3, 0.4) is 0 Å². The summed E-state index contributed by atoms with van der Waals surface area (Å²) in [5.74, 6) is 8.10. The Kier molecular flexibility index (Phi) is 9.20. The molecule has 3 aromatic rings. The molecule has 4 nitrogen and oxygen atoms in total. The fraction of sp³-hybridized carbons (Fsp3) is 0.412. The molecular formula is C34H39NO3S. The van der Waals surface area contributed by atoms with Crippen LogP contribution in [0.5, 0.6) is 0 Å². The summed E-state index contributed by atoms with van der Waals surface area (Å²) in [4.78, 5) is 15.6. The van der Waals surface area contributed by atoms with E-state index in [0.29, 0.717) is 0 Å². The largest absolute Gasteiger partial charge is 0.461 e. The summed E-state index contributed by atoms with van der Waals surface area (Å²) in [6.45, 7) is 10.4. The number of aromatic nitrogens is 1. The minimum absolute atomic E-state index is 0.117. The Hall–Kier alpha value is -3.07. The number of esters is 1. The summed E-state index contributed by atoms with van der Waals surface area (Å²) in [7, 11) is 0. The Labute approximate surface area is 237 Å². The van der Waals surface area contributed by atoms with Gasteiger partial charge in [0.15, 0.2) is 0 Å². The van der Waals surface area contributed by atoms with Gasteiger partial charge < -0.3 is 9.84 Å². The van der Waals surface area contributed by atoms with Gasteiger partial charge in [-0.25, -0.2) is 0 Å². The molecule has 0 saturated carbocycles. The molecule has 1 N–H and O–H groups in total. The Morgan fingerprint density at radius 1 is 1.03 bits per heavy atom. The predicted octanol–water partition coefficient (Wildman–Crippen LogP) is 7.14. The quantitative estimate of drug-likeness (QED) is 0.254. The van der Waals surface area contributed by atoms with Gasteiger partial charge in [0.1, 0.15) is 12.2 Å². The number of ether oxygens (including phenoxy) is 1. The monoisotopic (exact) mass is 541 g/mol. The van der Waals surface area contributed by atoms with Crippen molar-refractivity contribution >= 4 is 17.7 Å². The first-order valence-corrected chi connectivity index (χ1v) is 15.0. The van der Waals surface area contributed by atoms with Crippen LogP contribution in [0.15, 0.2) is 54.9 Å². The van der Waals surface area contributed by atoms with Gasteiger partial charge in [-0.05, 0) is 91.0 Å². The zero-order valence-corrected chi connectivity index (χ0v) is 24.6. The summed E-state index contributed by atoms with van der Waals surface area (Å²) in [5, 5.41) is 10.8. The Morgan fingerprint density at radius 2 is 1.69 bits per heavy atom. The number of thioether (sulfide) groups is 1. The molecule has 1 fully saturated rings. The maximum atomic E-state index is 11.2. The van der Waals surface area contributed by atoms with Crippen molar-refractivity contribution in [2.75, 3.05) is 11.5 Å². The van der Waals surface area contributed by atoms with Crippen LogP contribution in [0.2, 0.25) is 0 Å². The molecule has 0 aliphatic carbocycles. The van der Waals surface area contributed by atoms with Crippen LogP contribution >= 0.6 is 11.8 Å². The number of nitrogens with zero attached hydrogens (tertiary/aromatic N) is 1. The molecular weight excluding hydrogens is 502 g/mol. The Morgan fingerprint density at radius 3 is 2.31 bits per heavy atom. The third-order valence-electron chi connectivity index (χ3n) is 8.06. The van der Waals surface area contributed by atoms with Crippen molar-refractivity contribution in [1.82, 2.24) is 4.98 Å². The fourth-order valence-corrected chi connectivity index (χ4v) is 6.70. The smallest absolute Gasteiger partial charge is 0.302 e. The standard InChI is InChI=1S/C34H39NO3S/c1-6-34(7-2,30-9-8-28(24(3)18-30)12-13-33(37)14-16-39-17-15-33)31-10-11-32(25(4)19-31)29-20-27(21-35-22-29)23-38-26(5)36/h8-11,18-22,37H,6-7,14-17,23H2,1-5H3. The molecule has 0 radical (unpaired) electrons. The third-order valence-corrected chi connectivity index (χ3v) is 9.05. The molecule has 1 saturated heterocycles. The van der Waals surface area contributed by atoms with Gasteiger partial charge in [-0.15, -0.1) is 0 Å². The minimum Gasteiger partial charge on any atom is -0.461 e. The molecule has 0 amide bonds. The first-order chi connectivity index (χ1) is 18.7. The van der Waals surface area contributed by atoms with Gasteiger partial charge in [-0.3, -0.25) is 9.78 Å². The SMILES string of the molecule is CCC(CC)(c1ccc(C#CC2(O)CCSCC2)c(C)c1)c1ccc(-c2cncc(COC(C)=O)c2)c(C)c1. The van der Waals surface area contributed by atoms with Gasteiger partial charge in [-0.2, -0.15) is 11.8 Å². The van der Waals surface area contributed by atoms with Gasteiger partial charge in [0.2, 0.25) is 0 Å². The lowest BCUT2D eigenvalue weighted by Crippen LogP contribution is -2.31. The van der Waals surface area contributed by atoms with Crippen molar-refractivity contribution in [3.8, 4) is 23.0 Å². The molecule has 2 aromatic carbocycles. The van der Waals surface area contributed by atoms with E-state index < -0.39 is 5.60 Å². The van der Waals surface area contributed by atoms with E-state index in [2.05, 4.69) is 80.9 Å². The first kappa shape index (κ1) is 28.9. The van der Waals surface area contributed by atoms with Crippen LogP contribution in [-0.4, -0.2) is 33.2 Å². The van der Waals surface area contributed by atoms with Gasteiger partial charge in [0.05, 0.1) is 0 Å². The topological polar surface area (TPSA) is 59.4 Å². The molecule has 1 aromatic heterocycles. The summed E-state index contributed by atoms with van der Waals surface area (Å²) >= 11 is 1.89. The van der Waals surface area contributed by atoms with Crippen LogP contribution in [0.4, 0.5) is 0 Å². The number of aliphatic hydroxyl groups is 1. The average molecular weight is 542 g/mol. The number of hydrogen-bond donors (Lipinski definition) is 1. The number of rotatable bonds is 7. The normalized spacial score (nSPS) is 14.8. The summed E-state index contributed by atoms with van der Waals surface area (Å²) in [6, 6.07) is 15.4. The van der Waals surface area contributed by atoms with Gasteiger partial charge >= 0.3 is 5.97 Å². The maximum absolute atomic E-state index is 11.2. The lowest BCUT2D eigenvalue weighted by molar-refractivity contribution is -0.142. The molecule has 4 rings (SSSR count). The molecule has 2 heterocycles. The van der Waals surface area contributed by atoms with Crippen molar-refractivity contribution in [3.63, 3.8) is 0 Å². The Bertz CT molecular complexity index is 1390. The van der Waals surface area contributed by atoms with Gasteiger partial charge in [0.25, 0.3) is 0 Å². The summed E-state index contributed by atoms with van der Waals surface area (Å²) in [5.41, 5.74) is 7.93. The number of carbonyl (C=O) groups excluding carboxylic acids is 1. The number of aryl methyl sites for hydroxylation is 2. The number of pyridine rings is 1. The van der Waals surface area contributed by atoms with Crippen LogP contribution in [0, 0.1) is 25.7 Å². The molecule has 5 heteroatoms. The summed E-state index contributed by atoms with van der Waals surface area (Å²) < 4.78 is 5.16. The van der Waals surface area contributed by atoms with E-state index in [4.69, 9.17) is 4.74 Å². The highest BCUT2D eigenvalue weighted by Crippen LogP contribution is 2.41. The molecule has 204 valence electrons. The van der Waals surface area contributed by atoms with Crippen LogP contribution < -0.4 is 0 Å². The third kappa shape index (κ3) is 6.57. The second-order valence-corrected chi connectivity index (χ2v) is 11.8. The van der Waals surface area contributed by atoms with Crippen LogP contribution in [-0.2, 0) is 21.6 Å². The summed E-state index contributed by atoms with van der Waals surface area (Å²) in [6.07, 6.45) is 7.02. The highest BCUT2D eigenvalue weighted by molar-refractivity contribution is 7.99. The van der Waals surface area contributed by atoms with E-state index in [1.807, 2.05) is 24.0 Å².